The van der Waals surface area contributed by atoms with Gasteiger partial charge in [0.05, 0.1) is 36.8 Å². The zero-order valence-corrected chi connectivity index (χ0v) is 18.3. The molecule has 0 fully saturated rings. The van der Waals surface area contributed by atoms with Gasteiger partial charge in [-0.15, -0.1) is 0 Å². The van der Waals surface area contributed by atoms with E-state index < -0.39 is 0 Å². The average molecular weight is 442 g/mol. The molecule has 33 heavy (non-hydrogen) atoms. The highest BCUT2D eigenvalue weighted by Crippen LogP contribution is 2.29. The van der Waals surface area contributed by atoms with Crippen molar-refractivity contribution in [2.75, 3.05) is 14.2 Å². The topological polar surface area (TPSA) is 118 Å². The van der Waals surface area contributed by atoms with Crippen LogP contribution in [0.25, 0.3) is 33.2 Å². The minimum Gasteiger partial charge on any atom is -0.497 e. The van der Waals surface area contributed by atoms with Gasteiger partial charge in [-0.25, -0.2) is 4.98 Å². The highest BCUT2D eigenvalue weighted by atomic mass is 16.5. The first-order valence-corrected chi connectivity index (χ1v) is 10.4. The lowest BCUT2D eigenvalue weighted by Crippen LogP contribution is -2.27. The van der Waals surface area contributed by atoms with Crippen LogP contribution in [0.1, 0.15) is 29.1 Å². The fourth-order valence-corrected chi connectivity index (χ4v) is 3.79. The number of methoxy groups -OCH3 is 2. The normalized spacial score (nSPS) is 12.1. The molecule has 9 heteroatoms. The minimum atomic E-state index is -0.309. The van der Waals surface area contributed by atoms with Gasteiger partial charge in [-0.1, -0.05) is 0 Å². The van der Waals surface area contributed by atoms with Gasteiger partial charge in [0.15, 0.2) is 5.82 Å². The van der Waals surface area contributed by atoms with E-state index in [2.05, 4.69) is 30.5 Å². The second kappa shape index (κ2) is 8.27. The summed E-state index contributed by atoms with van der Waals surface area (Å²) in [5.74, 6) is 1.24. The molecule has 5 aromatic rings. The lowest BCUT2D eigenvalue weighted by atomic mass is 10.1. The van der Waals surface area contributed by atoms with Crippen molar-refractivity contribution in [1.82, 2.24) is 30.5 Å². The number of rotatable bonds is 6. The molecule has 0 bridgehead atoms. The van der Waals surface area contributed by atoms with Crippen molar-refractivity contribution < 1.29 is 14.3 Å². The highest BCUT2D eigenvalue weighted by Gasteiger charge is 2.18. The standard InChI is InChI=1S/C24H22N6O3/c1-13(15-8-16(32-2)10-17(9-15)33-3)26-24(31)23-27-20-11-18-19(12-21(20)28-23)29-30-22(18)14-4-6-25-7-5-14/h4-13H,1-3H3,(H,26,31)(H,27,28)(H,29,30)/t13-/m1/s1. The van der Waals surface area contributed by atoms with Gasteiger partial charge >= 0.3 is 0 Å². The van der Waals surface area contributed by atoms with E-state index in [0.717, 1.165) is 33.2 Å². The van der Waals surface area contributed by atoms with Gasteiger partial charge < -0.3 is 19.8 Å². The second-order valence-electron chi connectivity index (χ2n) is 7.65. The summed E-state index contributed by atoms with van der Waals surface area (Å²) in [5, 5.41) is 11.4. The summed E-state index contributed by atoms with van der Waals surface area (Å²) in [6, 6.07) is 12.9. The number of pyridine rings is 1. The fraction of sp³-hybridized carbons (Fsp3) is 0.167. The molecule has 0 unspecified atom stereocenters. The molecule has 2 aromatic carbocycles. The maximum atomic E-state index is 12.9. The van der Waals surface area contributed by atoms with E-state index in [1.54, 1.807) is 32.7 Å². The van der Waals surface area contributed by atoms with E-state index >= 15 is 0 Å². The van der Waals surface area contributed by atoms with E-state index in [4.69, 9.17) is 9.47 Å². The molecule has 1 amide bonds. The third-order valence-corrected chi connectivity index (χ3v) is 5.55. The van der Waals surface area contributed by atoms with E-state index in [0.29, 0.717) is 17.0 Å². The molecule has 5 rings (SSSR count). The monoisotopic (exact) mass is 442 g/mol. The number of imidazole rings is 1. The summed E-state index contributed by atoms with van der Waals surface area (Å²) in [7, 11) is 3.18. The van der Waals surface area contributed by atoms with Crippen LogP contribution in [0, 0.1) is 0 Å². The maximum absolute atomic E-state index is 12.9. The predicted molar refractivity (Wildman–Crippen MR) is 124 cm³/mol. The minimum absolute atomic E-state index is 0.234. The Kier molecular flexibility index (Phi) is 5.14. The Morgan fingerprint density at radius 3 is 2.42 bits per heavy atom. The molecule has 0 aliphatic heterocycles. The zero-order valence-electron chi connectivity index (χ0n) is 18.3. The van der Waals surface area contributed by atoms with Gasteiger partial charge in [-0.05, 0) is 48.9 Å². The lowest BCUT2D eigenvalue weighted by Gasteiger charge is -2.15. The van der Waals surface area contributed by atoms with Crippen LogP contribution in [0.15, 0.2) is 54.9 Å². The van der Waals surface area contributed by atoms with Crippen molar-refractivity contribution in [3.05, 3.63) is 66.2 Å². The van der Waals surface area contributed by atoms with Gasteiger partial charge in [0.1, 0.15) is 17.2 Å². The van der Waals surface area contributed by atoms with Crippen LogP contribution in [0.3, 0.4) is 0 Å². The number of hydrogen-bond acceptors (Lipinski definition) is 6. The smallest absolute Gasteiger partial charge is 0.287 e. The van der Waals surface area contributed by atoms with Crippen molar-refractivity contribution >= 4 is 27.8 Å². The number of carbonyl (C=O) groups is 1. The van der Waals surface area contributed by atoms with E-state index in [1.807, 2.05) is 43.3 Å². The van der Waals surface area contributed by atoms with Crippen molar-refractivity contribution in [2.45, 2.75) is 13.0 Å². The molecule has 3 heterocycles. The number of fused-ring (bicyclic) bond motifs is 2. The second-order valence-corrected chi connectivity index (χ2v) is 7.65. The van der Waals surface area contributed by atoms with Gasteiger partial charge in [0.25, 0.3) is 5.91 Å². The number of hydrogen-bond donors (Lipinski definition) is 3. The average Bonchev–Trinajstić information content (AvgIpc) is 3.46. The number of amides is 1. The van der Waals surface area contributed by atoms with Crippen LogP contribution in [-0.2, 0) is 0 Å². The number of benzene rings is 2. The predicted octanol–water partition coefficient (Wildman–Crippen LogP) is 4.01. The summed E-state index contributed by atoms with van der Waals surface area (Å²) in [5.41, 5.74) is 4.89. The molecule has 0 radical (unpaired) electrons. The number of aromatic nitrogens is 5. The molecule has 1 atom stereocenters. The summed E-state index contributed by atoms with van der Waals surface area (Å²) >= 11 is 0. The third-order valence-electron chi connectivity index (χ3n) is 5.55. The number of nitrogens with one attached hydrogen (secondary N) is 3. The quantitative estimate of drug-likeness (QED) is 0.366. The van der Waals surface area contributed by atoms with Gasteiger partial charge in [-0.3, -0.25) is 14.9 Å². The molecular weight excluding hydrogens is 420 g/mol. The molecule has 0 aliphatic carbocycles. The first-order valence-electron chi connectivity index (χ1n) is 10.4. The summed E-state index contributed by atoms with van der Waals surface area (Å²) in [4.78, 5) is 24.6. The van der Waals surface area contributed by atoms with Gasteiger partial charge in [0.2, 0.25) is 0 Å². The van der Waals surface area contributed by atoms with E-state index in [1.165, 1.54) is 0 Å². The van der Waals surface area contributed by atoms with Crippen molar-refractivity contribution in [3.63, 3.8) is 0 Å². The SMILES string of the molecule is COc1cc(OC)cc([C@@H](C)NC(=O)c2nc3cc4c(-c5ccncc5)n[nH]c4cc3[nH]2)c1. The molecule has 0 saturated heterocycles. The molecule has 0 saturated carbocycles. The number of H-pyrrole nitrogens is 2. The highest BCUT2D eigenvalue weighted by molar-refractivity contribution is 6.02. The van der Waals surface area contributed by atoms with Crippen LogP contribution in [0.4, 0.5) is 0 Å². The van der Waals surface area contributed by atoms with Crippen LogP contribution >= 0.6 is 0 Å². The molecule has 3 N–H and O–H groups in total. The van der Waals surface area contributed by atoms with Gasteiger partial charge in [-0.2, -0.15) is 5.10 Å². The van der Waals surface area contributed by atoms with Gasteiger partial charge in [0, 0.05) is 29.4 Å². The number of aromatic amines is 2. The van der Waals surface area contributed by atoms with Crippen molar-refractivity contribution in [2.24, 2.45) is 0 Å². The Balaban J connectivity index is 1.43. The Labute approximate surface area is 189 Å². The molecule has 0 spiro atoms. The summed E-state index contributed by atoms with van der Waals surface area (Å²) < 4.78 is 10.7. The third kappa shape index (κ3) is 3.84. The lowest BCUT2D eigenvalue weighted by molar-refractivity contribution is 0.0930. The molecular formula is C24H22N6O3. The van der Waals surface area contributed by atoms with Crippen molar-refractivity contribution in [3.8, 4) is 22.8 Å². The fourth-order valence-electron chi connectivity index (χ4n) is 3.79. The number of nitrogens with zero attached hydrogens (tertiary/aromatic N) is 3. The van der Waals surface area contributed by atoms with Crippen LogP contribution in [-0.4, -0.2) is 45.3 Å². The largest absolute Gasteiger partial charge is 0.497 e. The van der Waals surface area contributed by atoms with E-state index in [-0.39, 0.29) is 17.8 Å². The molecule has 0 aliphatic rings. The van der Waals surface area contributed by atoms with E-state index in [9.17, 15) is 4.79 Å². The van der Waals surface area contributed by atoms with Crippen molar-refractivity contribution in [1.29, 1.82) is 0 Å². The maximum Gasteiger partial charge on any atom is 0.287 e. The van der Waals surface area contributed by atoms with Crippen LogP contribution < -0.4 is 14.8 Å². The Morgan fingerprint density at radius 1 is 1.00 bits per heavy atom. The number of ether oxygens (including phenoxy) is 2. The molecule has 9 nitrogen and oxygen atoms in total. The van der Waals surface area contributed by atoms with Crippen LogP contribution in [0.5, 0.6) is 11.5 Å². The first kappa shape index (κ1) is 20.5. The zero-order chi connectivity index (χ0) is 22.9. The Morgan fingerprint density at radius 2 is 1.73 bits per heavy atom. The number of carbonyl (C=O) groups excluding carboxylic acids is 1. The molecule has 3 aromatic heterocycles. The Hall–Kier alpha value is -4.40. The van der Waals surface area contributed by atoms with Crippen LogP contribution in [0.2, 0.25) is 0 Å². The molecule has 166 valence electrons. The first-order chi connectivity index (χ1) is 16.1. The Bertz CT molecular complexity index is 1440. The summed E-state index contributed by atoms with van der Waals surface area (Å²) in [6.45, 7) is 1.89. The summed E-state index contributed by atoms with van der Waals surface area (Å²) in [6.07, 6.45) is 3.45.